The SMILES string of the molecule is O=C1NCc2c(OCc3ccc(CN4CCN(C(=O)c5ccnc(-n6ccnc6)n5)CC4)cc3)cccc21. The van der Waals surface area contributed by atoms with Crippen LogP contribution in [0.1, 0.15) is 37.5 Å². The lowest BCUT2D eigenvalue weighted by molar-refractivity contribution is 0.0622. The van der Waals surface area contributed by atoms with Crippen LogP contribution >= 0.6 is 0 Å². The van der Waals surface area contributed by atoms with Crippen molar-refractivity contribution in [3.05, 3.63) is 101 Å². The van der Waals surface area contributed by atoms with Crippen LogP contribution in [0.3, 0.4) is 0 Å². The number of rotatable bonds is 7. The Kier molecular flexibility index (Phi) is 6.53. The van der Waals surface area contributed by atoms with Gasteiger partial charge < -0.3 is 15.0 Å². The van der Waals surface area contributed by atoms with Crippen molar-refractivity contribution in [2.45, 2.75) is 19.7 Å². The van der Waals surface area contributed by atoms with Crippen molar-refractivity contribution >= 4 is 11.8 Å². The molecule has 0 spiro atoms. The zero-order chi connectivity index (χ0) is 25.9. The zero-order valence-electron chi connectivity index (χ0n) is 20.8. The molecular weight excluding hydrogens is 482 g/mol. The average Bonchev–Trinajstić information content (AvgIpc) is 3.64. The lowest BCUT2D eigenvalue weighted by Gasteiger charge is -2.34. The summed E-state index contributed by atoms with van der Waals surface area (Å²) in [5, 5.41) is 2.84. The number of nitrogens with zero attached hydrogens (tertiary/aromatic N) is 6. The molecule has 38 heavy (non-hydrogen) atoms. The molecule has 4 heterocycles. The van der Waals surface area contributed by atoms with Gasteiger partial charge in [-0.15, -0.1) is 0 Å². The van der Waals surface area contributed by atoms with Gasteiger partial charge in [-0.3, -0.25) is 19.1 Å². The summed E-state index contributed by atoms with van der Waals surface area (Å²) < 4.78 is 7.70. The molecule has 0 saturated carbocycles. The number of aromatic nitrogens is 4. The van der Waals surface area contributed by atoms with E-state index in [-0.39, 0.29) is 11.8 Å². The summed E-state index contributed by atoms with van der Waals surface area (Å²) >= 11 is 0. The molecule has 0 aliphatic carbocycles. The summed E-state index contributed by atoms with van der Waals surface area (Å²) in [7, 11) is 0. The number of benzene rings is 2. The standard InChI is InChI=1S/C28H27N7O3/c36-26-22-2-1-3-25(23(22)16-31-26)38-18-21-6-4-20(5-7-21)17-33-12-14-34(15-13-33)27(37)24-8-9-30-28(32-24)35-11-10-29-19-35/h1-11,19H,12-18H2,(H,31,36). The Hall–Kier alpha value is -4.57. The monoisotopic (exact) mass is 509 g/mol. The fourth-order valence-electron chi connectivity index (χ4n) is 4.76. The molecule has 10 heteroatoms. The minimum atomic E-state index is -0.0815. The van der Waals surface area contributed by atoms with E-state index in [2.05, 4.69) is 49.4 Å². The zero-order valence-corrected chi connectivity index (χ0v) is 20.8. The van der Waals surface area contributed by atoms with Gasteiger partial charge in [0.1, 0.15) is 24.4 Å². The van der Waals surface area contributed by atoms with E-state index < -0.39 is 0 Å². The highest BCUT2D eigenvalue weighted by molar-refractivity contribution is 5.99. The summed E-state index contributed by atoms with van der Waals surface area (Å²) in [5.41, 5.74) is 4.28. The van der Waals surface area contributed by atoms with Gasteiger partial charge in [0, 0.05) is 69.0 Å². The molecule has 0 atom stereocenters. The van der Waals surface area contributed by atoms with Crippen molar-refractivity contribution in [1.29, 1.82) is 0 Å². The molecule has 1 fully saturated rings. The van der Waals surface area contributed by atoms with Gasteiger partial charge in [-0.2, -0.15) is 0 Å². The van der Waals surface area contributed by atoms with Crippen LogP contribution in [0.5, 0.6) is 5.75 Å². The topological polar surface area (TPSA) is 105 Å². The molecule has 1 N–H and O–H groups in total. The third-order valence-electron chi connectivity index (χ3n) is 6.88. The molecule has 0 bridgehead atoms. The first-order chi connectivity index (χ1) is 18.6. The number of hydrogen-bond acceptors (Lipinski definition) is 7. The normalized spacial score (nSPS) is 15.3. The second-order valence-electron chi connectivity index (χ2n) is 9.35. The molecule has 192 valence electrons. The molecule has 2 aromatic heterocycles. The highest BCUT2D eigenvalue weighted by Crippen LogP contribution is 2.27. The molecule has 2 aliphatic rings. The van der Waals surface area contributed by atoms with Crippen LogP contribution < -0.4 is 10.1 Å². The van der Waals surface area contributed by atoms with E-state index in [0.717, 1.165) is 36.5 Å². The van der Waals surface area contributed by atoms with Crippen LogP contribution in [-0.2, 0) is 19.7 Å². The predicted molar refractivity (Wildman–Crippen MR) is 139 cm³/mol. The molecule has 0 unspecified atom stereocenters. The van der Waals surface area contributed by atoms with Crippen molar-refractivity contribution in [3.8, 4) is 11.7 Å². The maximum Gasteiger partial charge on any atom is 0.272 e. The van der Waals surface area contributed by atoms with Crippen molar-refractivity contribution in [2.75, 3.05) is 26.2 Å². The molecule has 0 radical (unpaired) electrons. The van der Waals surface area contributed by atoms with Crippen molar-refractivity contribution in [1.82, 2.24) is 34.6 Å². The molecule has 10 nitrogen and oxygen atoms in total. The maximum atomic E-state index is 13.0. The number of ether oxygens (including phenoxy) is 1. The Labute approximate surface area is 219 Å². The minimum Gasteiger partial charge on any atom is -0.489 e. The number of amides is 2. The Balaban J connectivity index is 1.00. The number of nitrogens with one attached hydrogen (secondary N) is 1. The van der Waals surface area contributed by atoms with Gasteiger partial charge in [0.15, 0.2) is 0 Å². The number of fused-ring (bicyclic) bond motifs is 1. The Morgan fingerprint density at radius 1 is 0.974 bits per heavy atom. The Morgan fingerprint density at radius 2 is 1.79 bits per heavy atom. The van der Waals surface area contributed by atoms with Gasteiger partial charge in [-0.1, -0.05) is 30.3 Å². The molecule has 2 amide bonds. The summed E-state index contributed by atoms with van der Waals surface area (Å²) in [6.07, 6.45) is 6.61. The summed E-state index contributed by atoms with van der Waals surface area (Å²) in [5.74, 6) is 1.05. The number of hydrogen-bond donors (Lipinski definition) is 1. The number of imidazole rings is 1. The predicted octanol–water partition coefficient (Wildman–Crippen LogP) is 2.44. The number of carbonyl (C=O) groups excluding carboxylic acids is 2. The summed E-state index contributed by atoms with van der Waals surface area (Å²) in [4.78, 5) is 41.7. The van der Waals surface area contributed by atoms with E-state index >= 15 is 0 Å². The molecule has 1 saturated heterocycles. The van der Waals surface area contributed by atoms with Gasteiger partial charge in [-0.05, 0) is 29.3 Å². The highest BCUT2D eigenvalue weighted by atomic mass is 16.5. The van der Waals surface area contributed by atoms with E-state index in [1.54, 1.807) is 35.6 Å². The highest BCUT2D eigenvalue weighted by Gasteiger charge is 2.24. The van der Waals surface area contributed by atoms with Gasteiger partial charge in [-0.25, -0.2) is 15.0 Å². The first-order valence-electron chi connectivity index (χ1n) is 12.6. The largest absolute Gasteiger partial charge is 0.489 e. The van der Waals surface area contributed by atoms with Gasteiger partial charge >= 0.3 is 0 Å². The first-order valence-corrected chi connectivity index (χ1v) is 12.6. The van der Waals surface area contributed by atoms with E-state index in [1.165, 1.54) is 5.56 Å². The van der Waals surface area contributed by atoms with Crippen LogP contribution in [0.2, 0.25) is 0 Å². The second kappa shape index (κ2) is 10.4. The Morgan fingerprint density at radius 3 is 2.58 bits per heavy atom. The fourth-order valence-corrected chi connectivity index (χ4v) is 4.76. The van der Waals surface area contributed by atoms with Crippen LogP contribution in [0.25, 0.3) is 5.95 Å². The van der Waals surface area contributed by atoms with Crippen LogP contribution in [0.15, 0.2) is 73.4 Å². The van der Waals surface area contributed by atoms with Crippen LogP contribution in [0.4, 0.5) is 0 Å². The second-order valence-corrected chi connectivity index (χ2v) is 9.35. The smallest absolute Gasteiger partial charge is 0.272 e. The molecule has 6 rings (SSSR count). The quantitative estimate of drug-likeness (QED) is 0.408. The third-order valence-corrected chi connectivity index (χ3v) is 6.88. The van der Waals surface area contributed by atoms with E-state index in [0.29, 0.717) is 43.4 Å². The average molecular weight is 510 g/mol. The fraction of sp³-hybridized carbons (Fsp3) is 0.250. The van der Waals surface area contributed by atoms with Gasteiger partial charge in [0.05, 0.1) is 0 Å². The van der Waals surface area contributed by atoms with Gasteiger partial charge in [0.2, 0.25) is 5.95 Å². The molecule has 2 aliphatic heterocycles. The third kappa shape index (κ3) is 4.98. The molecule has 2 aromatic carbocycles. The summed E-state index contributed by atoms with van der Waals surface area (Å²) in [6, 6.07) is 15.6. The lowest BCUT2D eigenvalue weighted by Crippen LogP contribution is -2.48. The minimum absolute atomic E-state index is 0.0474. The van der Waals surface area contributed by atoms with Crippen LogP contribution in [-0.4, -0.2) is 67.3 Å². The summed E-state index contributed by atoms with van der Waals surface area (Å²) in [6.45, 7) is 4.65. The maximum absolute atomic E-state index is 13.0. The Bertz CT molecular complexity index is 1450. The lowest BCUT2D eigenvalue weighted by atomic mass is 10.1. The van der Waals surface area contributed by atoms with E-state index in [1.807, 2.05) is 23.1 Å². The van der Waals surface area contributed by atoms with E-state index in [9.17, 15) is 9.59 Å². The molecular formula is C28H27N7O3. The van der Waals surface area contributed by atoms with Crippen molar-refractivity contribution in [2.24, 2.45) is 0 Å². The number of piperazine rings is 1. The van der Waals surface area contributed by atoms with E-state index in [4.69, 9.17) is 4.74 Å². The number of carbonyl (C=O) groups is 2. The molecule has 4 aromatic rings. The van der Waals surface area contributed by atoms with Crippen molar-refractivity contribution < 1.29 is 14.3 Å². The van der Waals surface area contributed by atoms with Crippen LogP contribution in [0, 0.1) is 0 Å². The first kappa shape index (κ1) is 23.8. The van der Waals surface area contributed by atoms with Crippen molar-refractivity contribution in [3.63, 3.8) is 0 Å². The van der Waals surface area contributed by atoms with Gasteiger partial charge in [0.25, 0.3) is 11.8 Å².